The fourth-order valence-electron chi connectivity index (χ4n) is 1.73. The third-order valence-corrected chi connectivity index (χ3v) is 2.82. The molecule has 1 aromatic heterocycles. The van der Waals surface area contributed by atoms with Gasteiger partial charge in [-0.05, 0) is 36.2 Å². The van der Waals surface area contributed by atoms with Crippen molar-refractivity contribution in [2.24, 2.45) is 0 Å². The Bertz CT molecular complexity index is 619. The predicted octanol–water partition coefficient (Wildman–Crippen LogP) is 3.59. The highest BCUT2D eigenvalue weighted by Crippen LogP contribution is 2.29. The molecule has 0 spiro atoms. The number of pyridine rings is 1. The number of aryl methyl sites for hydroxylation is 1. The molecule has 0 atom stereocenters. The molecule has 0 radical (unpaired) electrons. The van der Waals surface area contributed by atoms with Gasteiger partial charge in [0.05, 0.1) is 12.0 Å². The van der Waals surface area contributed by atoms with Crippen molar-refractivity contribution in [2.45, 2.75) is 19.5 Å². The number of nitrogens with zero attached hydrogens (tertiary/aromatic N) is 1. The molecule has 1 N–H and O–H groups in total. The van der Waals surface area contributed by atoms with Crippen molar-refractivity contribution in [2.75, 3.05) is 5.32 Å². The fraction of sp³-hybridized carbons (Fsp3) is 0.200. The monoisotopic (exact) mass is 294 g/mol. The van der Waals surface area contributed by atoms with Crippen LogP contribution in [-0.2, 0) is 17.4 Å². The molecule has 21 heavy (non-hydrogen) atoms. The van der Waals surface area contributed by atoms with Crippen LogP contribution in [0.4, 0.5) is 19.0 Å². The summed E-state index contributed by atoms with van der Waals surface area (Å²) in [5.41, 5.74) is 0.746. The van der Waals surface area contributed by atoms with Crippen LogP contribution in [0.1, 0.15) is 16.7 Å². The summed E-state index contributed by atoms with van der Waals surface area (Å²) in [6.45, 7) is 1.88. The number of benzene rings is 1. The maximum absolute atomic E-state index is 12.4. The van der Waals surface area contributed by atoms with E-state index in [-0.39, 0.29) is 12.3 Å². The first-order chi connectivity index (χ1) is 9.84. The topological polar surface area (TPSA) is 42.0 Å². The van der Waals surface area contributed by atoms with Gasteiger partial charge in [-0.1, -0.05) is 18.2 Å². The van der Waals surface area contributed by atoms with E-state index in [1.165, 1.54) is 12.1 Å². The lowest BCUT2D eigenvalue weighted by Crippen LogP contribution is -2.15. The Hall–Kier alpha value is -2.37. The molecule has 1 aromatic carbocycles. The van der Waals surface area contributed by atoms with Crippen LogP contribution < -0.4 is 5.32 Å². The van der Waals surface area contributed by atoms with Crippen LogP contribution >= 0.6 is 0 Å². The van der Waals surface area contributed by atoms with Crippen molar-refractivity contribution in [1.29, 1.82) is 0 Å². The average molecular weight is 294 g/mol. The molecule has 0 aliphatic carbocycles. The summed E-state index contributed by atoms with van der Waals surface area (Å²) in [4.78, 5) is 15.8. The van der Waals surface area contributed by atoms with Gasteiger partial charge in [0.2, 0.25) is 5.91 Å². The number of hydrogen-bond donors (Lipinski definition) is 1. The van der Waals surface area contributed by atoms with Crippen LogP contribution in [0.25, 0.3) is 0 Å². The van der Waals surface area contributed by atoms with E-state index in [1.807, 2.05) is 6.92 Å². The zero-order chi connectivity index (χ0) is 15.5. The Morgan fingerprint density at radius 2 is 1.81 bits per heavy atom. The lowest BCUT2D eigenvalue weighted by atomic mass is 10.1. The van der Waals surface area contributed by atoms with Gasteiger partial charge in [-0.3, -0.25) is 4.79 Å². The highest BCUT2D eigenvalue weighted by atomic mass is 19.4. The summed E-state index contributed by atoms with van der Waals surface area (Å²) in [7, 11) is 0. The van der Waals surface area contributed by atoms with Crippen molar-refractivity contribution < 1.29 is 18.0 Å². The summed E-state index contributed by atoms with van der Waals surface area (Å²) in [5, 5.41) is 2.59. The molecule has 110 valence electrons. The van der Waals surface area contributed by atoms with Crippen molar-refractivity contribution in [3.63, 3.8) is 0 Å². The van der Waals surface area contributed by atoms with Gasteiger partial charge in [-0.25, -0.2) is 4.98 Å². The third-order valence-electron chi connectivity index (χ3n) is 2.82. The number of alkyl halides is 3. The van der Waals surface area contributed by atoms with Crippen molar-refractivity contribution in [3.05, 3.63) is 59.3 Å². The first-order valence-electron chi connectivity index (χ1n) is 6.23. The number of anilines is 1. The molecule has 6 heteroatoms. The quantitative estimate of drug-likeness (QED) is 0.940. The van der Waals surface area contributed by atoms with Gasteiger partial charge in [-0.15, -0.1) is 0 Å². The van der Waals surface area contributed by atoms with E-state index in [9.17, 15) is 18.0 Å². The number of hydrogen-bond acceptors (Lipinski definition) is 2. The van der Waals surface area contributed by atoms with Gasteiger partial charge in [0.1, 0.15) is 5.82 Å². The highest BCUT2D eigenvalue weighted by Gasteiger charge is 2.29. The van der Waals surface area contributed by atoms with Gasteiger partial charge in [-0.2, -0.15) is 13.2 Å². The van der Waals surface area contributed by atoms with E-state index >= 15 is 0 Å². The van der Waals surface area contributed by atoms with Gasteiger partial charge in [0.15, 0.2) is 0 Å². The average Bonchev–Trinajstić information content (AvgIpc) is 2.41. The molecule has 0 bridgehead atoms. The maximum atomic E-state index is 12.4. The Morgan fingerprint density at radius 3 is 2.33 bits per heavy atom. The van der Waals surface area contributed by atoms with Crippen LogP contribution in [0.5, 0.6) is 0 Å². The fourth-order valence-corrected chi connectivity index (χ4v) is 1.73. The van der Waals surface area contributed by atoms with E-state index < -0.39 is 11.7 Å². The maximum Gasteiger partial charge on any atom is 0.416 e. The number of carbonyl (C=O) groups is 1. The van der Waals surface area contributed by atoms with E-state index in [0.29, 0.717) is 11.4 Å². The largest absolute Gasteiger partial charge is 0.416 e. The van der Waals surface area contributed by atoms with Gasteiger partial charge in [0.25, 0.3) is 0 Å². The lowest BCUT2D eigenvalue weighted by Gasteiger charge is -2.08. The zero-order valence-electron chi connectivity index (χ0n) is 11.2. The van der Waals surface area contributed by atoms with Crippen molar-refractivity contribution in [3.8, 4) is 0 Å². The molecule has 2 aromatic rings. The molecule has 0 saturated heterocycles. The van der Waals surface area contributed by atoms with E-state index in [0.717, 1.165) is 17.7 Å². The van der Waals surface area contributed by atoms with Crippen LogP contribution in [-0.4, -0.2) is 10.9 Å². The highest BCUT2D eigenvalue weighted by molar-refractivity contribution is 5.91. The SMILES string of the molecule is Cc1ccc(NC(=O)Cc2ccc(C(F)(F)F)cc2)nc1. The molecule has 1 heterocycles. The molecule has 0 aliphatic rings. The molecular weight excluding hydrogens is 281 g/mol. The minimum Gasteiger partial charge on any atom is -0.310 e. The summed E-state index contributed by atoms with van der Waals surface area (Å²) >= 11 is 0. The second kappa shape index (κ2) is 5.95. The summed E-state index contributed by atoms with van der Waals surface area (Å²) < 4.78 is 37.2. The van der Waals surface area contributed by atoms with E-state index in [4.69, 9.17) is 0 Å². The molecule has 0 unspecified atom stereocenters. The predicted molar refractivity (Wildman–Crippen MR) is 72.8 cm³/mol. The summed E-state index contributed by atoms with van der Waals surface area (Å²) in [5.74, 6) is 0.0867. The molecule has 1 amide bonds. The number of aromatic nitrogens is 1. The number of halogens is 3. The van der Waals surface area contributed by atoms with Crippen LogP contribution in [0, 0.1) is 6.92 Å². The second-order valence-electron chi connectivity index (χ2n) is 4.64. The van der Waals surface area contributed by atoms with Gasteiger partial charge >= 0.3 is 6.18 Å². The molecule has 0 aliphatic heterocycles. The van der Waals surface area contributed by atoms with E-state index in [2.05, 4.69) is 10.3 Å². The van der Waals surface area contributed by atoms with Crippen molar-refractivity contribution in [1.82, 2.24) is 4.98 Å². The standard InChI is InChI=1S/C15H13F3N2O/c1-10-2-7-13(19-9-10)20-14(21)8-11-3-5-12(6-4-11)15(16,17)18/h2-7,9H,8H2,1H3,(H,19,20,21). The first-order valence-corrected chi connectivity index (χ1v) is 6.23. The zero-order valence-corrected chi connectivity index (χ0v) is 11.2. The van der Waals surface area contributed by atoms with Crippen LogP contribution in [0.2, 0.25) is 0 Å². The number of nitrogens with one attached hydrogen (secondary N) is 1. The van der Waals surface area contributed by atoms with Crippen LogP contribution in [0.3, 0.4) is 0 Å². The lowest BCUT2D eigenvalue weighted by molar-refractivity contribution is -0.137. The number of rotatable bonds is 3. The van der Waals surface area contributed by atoms with Crippen molar-refractivity contribution >= 4 is 11.7 Å². The Labute approximate surface area is 119 Å². The molecule has 2 rings (SSSR count). The third kappa shape index (κ3) is 4.30. The summed E-state index contributed by atoms with van der Waals surface area (Å²) in [6, 6.07) is 8.00. The van der Waals surface area contributed by atoms with Gasteiger partial charge in [0, 0.05) is 6.20 Å². The summed E-state index contributed by atoms with van der Waals surface area (Å²) in [6.07, 6.45) is -2.76. The minimum atomic E-state index is -4.37. The first kappa shape index (κ1) is 15.0. The Morgan fingerprint density at radius 1 is 1.14 bits per heavy atom. The molecule has 0 fully saturated rings. The Balaban J connectivity index is 1.98. The van der Waals surface area contributed by atoms with Crippen LogP contribution in [0.15, 0.2) is 42.6 Å². The second-order valence-corrected chi connectivity index (χ2v) is 4.64. The molecule has 0 saturated carbocycles. The van der Waals surface area contributed by atoms with E-state index in [1.54, 1.807) is 18.3 Å². The normalized spacial score (nSPS) is 11.2. The minimum absolute atomic E-state index is 0.00626. The number of carbonyl (C=O) groups excluding carboxylic acids is 1. The smallest absolute Gasteiger partial charge is 0.310 e. The Kier molecular flexibility index (Phi) is 4.26. The number of amides is 1. The molecular formula is C15H13F3N2O. The molecule has 3 nitrogen and oxygen atoms in total. The van der Waals surface area contributed by atoms with Gasteiger partial charge < -0.3 is 5.32 Å².